The molecule has 0 spiro atoms. The summed E-state index contributed by atoms with van der Waals surface area (Å²) in [7, 11) is 0. The van der Waals surface area contributed by atoms with Crippen LogP contribution in [0.5, 0.6) is 5.75 Å². The van der Waals surface area contributed by atoms with Gasteiger partial charge in [0.1, 0.15) is 24.9 Å². The highest BCUT2D eigenvalue weighted by Crippen LogP contribution is 2.32. The van der Waals surface area contributed by atoms with Crippen LogP contribution in [-0.2, 0) is 38.9 Å². The molecular formula is C37H38F2N4O6. The molecule has 12 heteroatoms. The fraction of sp³-hybridized carbons (Fsp3) is 0.270. The molecule has 0 aliphatic rings. The molecule has 4 rings (SSSR count). The van der Waals surface area contributed by atoms with Crippen molar-refractivity contribution in [3.63, 3.8) is 0 Å². The van der Waals surface area contributed by atoms with Crippen molar-refractivity contribution in [1.29, 1.82) is 0 Å². The minimum absolute atomic E-state index is 0.123. The normalized spacial score (nSPS) is 13.1. The van der Waals surface area contributed by atoms with Crippen LogP contribution in [0.15, 0.2) is 109 Å². The van der Waals surface area contributed by atoms with Crippen molar-refractivity contribution >= 4 is 23.6 Å². The summed E-state index contributed by atoms with van der Waals surface area (Å²) in [5.41, 5.74) is 8.43. The van der Waals surface area contributed by atoms with Gasteiger partial charge in [-0.3, -0.25) is 19.4 Å². The lowest BCUT2D eigenvalue weighted by atomic mass is 9.79. The first-order chi connectivity index (χ1) is 23.5. The third-order valence-corrected chi connectivity index (χ3v) is 7.68. The molecule has 2 unspecified atom stereocenters. The van der Waals surface area contributed by atoms with Gasteiger partial charge in [-0.2, -0.15) is 8.78 Å². The van der Waals surface area contributed by atoms with Gasteiger partial charge in [0.15, 0.2) is 5.78 Å². The number of hydrogen-bond donors (Lipinski definition) is 3. The summed E-state index contributed by atoms with van der Waals surface area (Å²) in [4.78, 5) is 57.4. The Bertz CT molecular complexity index is 1690. The number of pyridine rings is 1. The van der Waals surface area contributed by atoms with E-state index in [2.05, 4.69) is 15.6 Å². The monoisotopic (exact) mass is 672 g/mol. The molecule has 3 aromatic carbocycles. The third-order valence-electron chi connectivity index (χ3n) is 7.68. The van der Waals surface area contributed by atoms with Crippen molar-refractivity contribution in [1.82, 2.24) is 15.6 Å². The molecule has 2 amide bonds. The fourth-order valence-corrected chi connectivity index (χ4v) is 4.94. The molecule has 0 bridgehead atoms. The number of alkyl carbamates (subject to hydrolysis) is 1. The van der Waals surface area contributed by atoms with Gasteiger partial charge in [-0.15, -0.1) is 0 Å². The van der Waals surface area contributed by atoms with Crippen molar-refractivity contribution in [2.24, 2.45) is 17.6 Å². The van der Waals surface area contributed by atoms with E-state index in [1.165, 1.54) is 24.3 Å². The van der Waals surface area contributed by atoms with E-state index in [0.29, 0.717) is 22.6 Å². The number of nitrogens with one attached hydrogen (secondary N) is 2. The number of rotatable bonds is 16. The number of ketones is 2. The zero-order valence-corrected chi connectivity index (χ0v) is 27.1. The number of Topliss-reactive ketones (excluding diaryl/α,β-unsaturated/α-hetero) is 2. The number of alkyl halides is 2. The maximum absolute atomic E-state index is 15.7. The van der Waals surface area contributed by atoms with Crippen LogP contribution in [-0.4, -0.2) is 40.5 Å². The van der Waals surface area contributed by atoms with Crippen molar-refractivity contribution in [2.45, 2.75) is 51.6 Å². The number of ether oxygens (including phenoxy) is 2. The predicted octanol–water partition coefficient (Wildman–Crippen LogP) is 5.32. The van der Waals surface area contributed by atoms with Crippen molar-refractivity contribution < 1.29 is 37.4 Å². The second-order valence-corrected chi connectivity index (χ2v) is 11.6. The van der Waals surface area contributed by atoms with Gasteiger partial charge < -0.3 is 25.8 Å². The molecule has 4 aromatic rings. The Labute approximate surface area is 283 Å². The number of carbonyl (C=O) groups is 4. The smallest absolute Gasteiger partial charge is 0.408 e. The summed E-state index contributed by atoms with van der Waals surface area (Å²) in [5.74, 6) is -12.2. The van der Waals surface area contributed by atoms with Gasteiger partial charge in [0, 0.05) is 18.8 Å². The Morgan fingerprint density at radius 1 is 0.816 bits per heavy atom. The summed E-state index contributed by atoms with van der Waals surface area (Å²) in [5, 5.41) is 4.48. The van der Waals surface area contributed by atoms with Crippen molar-refractivity contribution in [3.8, 4) is 5.75 Å². The molecule has 0 fully saturated rings. The number of aromatic nitrogens is 1. The average molecular weight is 673 g/mol. The highest BCUT2D eigenvalue weighted by atomic mass is 19.3. The van der Waals surface area contributed by atoms with E-state index in [0.717, 1.165) is 0 Å². The van der Waals surface area contributed by atoms with Gasteiger partial charge in [0.25, 0.3) is 5.91 Å². The number of halogens is 2. The van der Waals surface area contributed by atoms with Gasteiger partial charge in [-0.25, -0.2) is 4.79 Å². The van der Waals surface area contributed by atoms with Gasteiger partial charge in [0.2, 0.25) is 5.78 Å². The zero-order valence-electron chi connectivity index (χ0n) is 27.1. The number of amides is 2. The van der Waals surface area contributed by atoms with Crippen LogP contribution < -0.4 is 21.1 Å². The lowest BCUT2D eigenvalue weighted by Crippen LogP contribution is -2.56. The fourth-order valence-electron chi connectivity index (χ4n) is 4.94. The van der Waals surface area contributed by atoms with Crippen LogP contribution in [0, 0.1) is 11.8 Å². The number of nitrogens with zero attached hydrogens (tertiary/aromatic N) is 1. The second kappa shape index (κ2) is 17.1. The summed E-state index contributed by atoms with van der Waals surface area (Å²) < 4.78 is 42.3. The quantitative estimate of drug-likeness (QED) is 0.136. The van der Waals surface area contributed by atoms with E-state index in [4.69, 9.17) is 15.2 Å². The average Bonchev–Trinajstić information content (AvgIpc) is 3.12. The molecule has 0 radical (unpaired) electrons. The van der Waals surface area contributed by atoms with Crippen LogP contribution in [0.4, 0.5) is 13.6 Å². The van der Waals surface area contributed by atoms with E-state index in [1.807, 2.05) is 6.07 Å². The van der Waals surface area contributed by atoms with Crippen LogP contribution >= 0.6 is 0 Å². The highest BCUT2D eigenvalue weighted by molar-refractivity contribution is 6.17. The molecule has 4 N–H and O–H groups in total. The zero-order chi connectivity index (χ0) is 35.4. The second-order valence-electron chi connectivity index (χ2n) is 11.6. The van der Waals surface area contributed by atoms with Gasteiger partial charge >= 0.3 is 12.0 Å². The summed E-state index contributed by atoms with van der Waals surface area (Å²) in [6.45, 7) is 2.87. The van der Waals surface area contributed by atoms with Crippen LogP contribution in [0.3, 0.4) is 0 Å². The summed E-state index contributed by atoms with van der Waals surface area (Å²) >= 11 is 0. The molecule has 49 heavy (non-hydrogen) atoms. The molecule has 1 heterocycles. The minimum atomic E-state index is -4.65. The maximum Gasteiger partial charge on any atom is 0.408 e. The van der Waals surface area contributed by atoms with Crippen LogP contribution in [0.25, 0.3) is 0 Å². The molecular weight excluding hydrogens is 634 g/mol. The minimum Gasteiger partial charge on any atom is -0.487 e. The van der Waals surface area contributed by atoms with E-state index in [9.17, 15) is 19.2 Å². The predicted molar refractivity (Wildman–Crippen MR) is 177 cm³/mol. The van der Waals surface area contributed by atoms with Gasteiger partial charge in [0.05, 0.1) is 11.7 Å². The Hall–Kier alpha value is -5.49. The van der Waals surface area contributed by atoms with Gasteiger partial charge in [-0.1, -0.05) is 92.7 Å². The third kappa shape index (κ3) is 10.0. The molecule has 256 valence electrons. The Kier molecular flexibility index (Phi) is 12.7. The van der Waals surface area contributed by atoms with E-state index in [1.54, 1.807) is 92.8 Å². The number of nitrogens with two attached hydrogens (primary N) is 1. The summed E-state index contributed by atoms with van der Waals surface area (Å²) in [6.07, 6.45) is 0.618. The van der Waals surface area contributed by atoms with E-state index < -0.39 is 53.4 Å². The van der Waals surface area contributed by atoms with Crippen LogP contribution in [0.2, 0.25) is 0 Å². The van der Waals surface area contributed by atoms with E-state index in [-0.39, 0.29) is 25.3 Å². The maximum atomic E-state index is 15.7. The topological polar surface area (TPSA) is 150 Å². The lowest BCUT2D eigenvalue weighted by Gasteiger charge is -2.30. The number of benzene rings is 3. The molecule has 0 saturated heterocycles. The Morgan fingerprint density at radius 3 is 2.02 bits per heavy atom. The number of hydrogen-bond acceptors (Lipinski definition) is 8. The first-order valence-corrected chi connectivity index (χ1v) is 15.6. The molecule has 1 aromatic heterocycles. The summed E-state index contributed by atoms with van der Waals surface area (Å²) in [6, 6.07) is 25.2. The largest absolute Gasteiger partial charge is 0.487 e. The first-order valence-electron chi connectivity index (χ1n) is 15.6. The SMILES string of the molecule is CC(C)[C@H](NC(=O)OCc1ccccc1)C(=O)C(C(=O)C(F)(F)C(=O)NCc1ccccc1)C(N)c1ccc(OCc2ccccn2)cc1. The van der Waals surface area contributed by atoms with E-state index >= 15 is 8.78 Å². The standard InChI is InChI=1S/C37H38F2N4O6/c1-24(2)32(43-36(47)49-22-26-13-7-4-8-14-26)33(44)30(34(45)37(38,39)35(46)42-21-25-11-5-3-6-12-25)31(40)27-16-18-29(19-17-27)48-23-28-15-9-10-20-41-28/h3-20,24,30-32H,21-23,40H2,1-2H3,(H,42,46)(H,43,47)/t30?,31?,32-/m0/s1. The Balaban J connectivity index is 1.57. The Morgan fingerprint density at radius 2 is 1.43 bits per heavy atom. The highest BCUT2D eigenvalue weighted by Gasteiger charge is 2.54. The molecule has 0 saturated carbocycles. The molecule has 10 nitrogen and oxygen atoms in total. The molecule has 0 aliphatic carbocycles. The molecule has 0 aliphatic heterocycles. The van der Waals surface area contributed by atoms with Crippen LogP contribution in [0.1, 0.15) is 42.3 Å². The first kappa shape index (κ1) is 36.3. The number of carbonyl (C=O) groups excluding carboxylic acids is 4. The molecule has 3 atom stereocenters. The van der Waals surface area contributed by atoms with Crippen molar-refractivity contribution in [3.05, 3.63) is 132 Å². The lowest BCUT2D eigenvalue weighted by molar-refractivity contribution is -0.163. The van der Waals surface area contributed by atoms with Crippen molar-refractivity contribution in [2.75, 3.05) is 0 Å². The van der Waals surface area contributed by atoms with Gasteiger partial charge in [-0.05, 0) is 46.9 Å².